The van der Waals surface area contributed by atoms with E-state index in [4.69, 9.17) is 0 Å². The summed E-state index contributed by atoms with van der Waals surface area (Å²) < 4.78 is 28.8. The summed E-state index contributed by atoms with van der Waals surface area (Å²) in [5.41, 5.74) is 4.20. The van der Waals surface area contributed by atoms with Gasteiger partial charge in [-0.05, 0) is 82.0 Å². The average molecular weight is 550 g/mol. The van der Waals surface area contributed by atoms with Crippen molar-refractivity contribution in [1.29, 1.82) is 0 Å². The van der Waals surface area contributed by atoms with Gasteiger partial charge in [0, 0.05) is 12.6 Å². The summed E-state index contributed by atoms with van der Waals surface area (Å²) in [4.78, 5) is 28.7. The molecule has 0 spiro atoms. The molecule has 0 heterocycles. The van der Waals surface area contributed by atoms with Crippen molar-refractivity contribution in [3.8, 4) is 0 Å². The fraction of sp³-hybridized carbons (Fsp3) is 0.355. The molecular formula is C31H39N3O4S. The summed E-state index contributed by atoms with van der Waals surface area (Å²) in [7, 11) is -4.08. The second-order valence-corrected chi connectivity index (χ2v) is 12.0. The molecule has 0 radical (unpaired) electrons. The standard InChI is InChI=1S/C31H39N3O4S/c1-7-25(5)32-31(36)26(6)33(20-27-13-11-12-22(2)18-27)30(35)21-34(28-17-16-23(3)24(4)19-28)39(37,38)29-14-9-8-10-15-29/h8-19,25-26H,7,20-21H2,1-6H3,(H,32,36)/t25-,26+/m1/s1. The lowest BCUT2D eigenvalue weighted by Gasteiger charge is -2.32. The van der Waals surface area contributed by atoms with Crippen LogP contribution < -0.4 is 9.62 Å². The third-order valence-corrected chi connectivity index (χ3v) is 8.78. The average Bonchev–Trinajstić information content (AvgIpc) is 2.91. The van der Waals surface area contributed by atoms with Crippen LogP contribution in [0.5, 0.6) is 0 Å². The Morgan fingerprint density at radius 1 is 0.872 bits per heavy atom. The van der Waals surface area contributed by atoms with Gasteiger partial charge in [-0.25, -0.2) is 8.42 Å². The molecule has 7 nitrogen and oxygen atoms in total. The fourth-order valence-corrected chi connectivity index (χ4v) is 5.61. The number of anilines is 1. The van der Waals surface area contributed by atoms with Crippen LogP contribution in [0.15, 0.2) is 77.7 Å². The van der Waals surface area contributed by atoms with Crippen molar-refractivity contribution in [3.63, 3.8) is 0 Å². The zero-order valence-electron chi connectivity index (χ0n) is 23.6. The number of hydrogen-bond donors (Lipinski definition) is 1. The van der Waals surface area contributed by atoms with E-state index in [1.54, 1.807) is 37.3 Å². The van der Waals surface area contributed by atoms with Gasteiger partial charge in [-0.15, -0.1) is 0 Å². The molecule has 8 heteroatoms. The van der Waals surface area contributed by atoms with Crippen molar-refractivity contribution in [3.05, 3.63) is 95.1 Å². The molecular weight excluding hydrogens is 510 g/mol. The molecule has 0 saturated carbocycles. The predicted octanol–water partition coefficient (Wildman–Crippen LogP) is 5.14. The van der Waals surface area contributed by atoms with E-state index in [0.29, 0.717) is 5.69 Å². The van der Waals surface area contributed by atoms with Gasteiger partial charge in [0.15, 0.2) is 0 Å². The van der Waals surface area contributed by atoms with Crippen LogP contribution in [0.4, 0.5) is 5.69 Å². The number of carbonyl (C=O) groups excluding carboxylic acids is 2. The highest BCUT2D eigenvalue weighted by Gasteiger charge is 2.32. The maximum atomic E-state index is 14.0. The first kappa shape index (κ1) is 29.9. The summed E-state index contributed by atoms with van der Waals surface area (Å²) in [6.45, 7) is 11.1. The number of carbonyl (C=O) groups is 2. The molecule has 3 aromatic rings. The minimum absolute atomic E-state index is 0.0543. The summed E-state index contributed by atoms with van der Waals surface area (Å²) in [5, 5.41) is 2.95. The Bertz CT molecular complexity index is 1410. The zero-order chi connectivity index (χ0) is 28.7. The number of nitrogens with zero attached hydrogens (tertiary/aromatic N) is 2. The van der Waals surface area contributed by atoms with E-state index in [-0.39, 0.29) is 23.4 Å². The van der Waals surface area contributed by atoms with Crippen LogP contribution in [0.1, 0.15) is 49.4 Å². The summed E-state index contributed by atoms with van der Waals surface area (Å²) in [6, 6.07) is 20.2. The highest BCUT2D eigenvalue weighted by Crippen LogP contribution is 2.26. The Morgan fingerprint density at radius 3 is 2.18 bits per heavy atom. The monoisotopic (exact) mass is 549 g/mol. The van der Waals surface area contributed by atoms with Crippen molar-refractivity contribution in [2.24, 2.45) is 0 Å². The van der Waals surface area contributed by atoms with Gasteiger partial charge >= 0.3 is 0 Å². The third kappa shape index (κ3) is 7.47. The van der Waals surface area contributed by atoms with Crippen LogP contribution >= 0.6 is 0 Å². The van der Waals surface area contributed by atoms with Crippen LogP contribution in [0, 0.1) is 20.8 Å². The molecule has 0 unspecified atom stereocenters. The van der Waals surface area contributed by atoms with Crippen molar-refractivity contribution < 1.29 is 18.0 Å². The molecule has 0 saturated heterocycles. The van der Waals surface area contributed by atoms with Gasteiger partial charge in [0.2, 0.25) is 11.8 Å². The van der Waals surface area contributed by atoms with Crippen LogP contribution in [0.3, 0.4) is 0 Å². The SMILES string of the molecule is CC[C@@H](C)NC(=O)[C@H](C)N(Cc1cccc(C)c1)C(=O)CN(c1ccc(C)c(C)c1)S(=O)(=O)c1ccccc1. The molecule has 0 bridgehead atoms. The van der Waals surface area contributed by atoms with Gasteiger partial charge < -0.3 is 10.2 Å². The first-order chi connectivity index (χ1) is 18.4. The van der Waals surface area contributed by atoms with E-state index in [2.05, 4.69) is 5.32 Å². The smallest absolute Gasteiger partial charge is 0.264 e. The molecule has 2 amide bonds. The number of rotatable bonds is 11. The van der Waals surface area contributed by atoms with Crippen molar-refractivity contribution >= 4 is 27.5 Å². The Balaban J connectivity index is 2.04. The highest BCUT2D eigenvalue weighted by atomic mass is 32.2. The zero-order valence-corrected chi connectivity index (χ0v) is 24.5. The van der Waals surface area contributed by atoms with E-state index < -0.39 is 28.5 Å². The maximum Gasteiger partial charge on any atom is 0.264 e. The fourth-order valence-electron chi connectivity index (χ4n) is 4.18. The van der Waals surface area contributed by atoms with Crippen LogP contribution in [0.25, 0.3) is 0 Å². The lowest BCUT2D eigenvalue weighted by Crippen LogP contribution is -2.52. The molecule has 3 rings (SSSR count). The van der Waals surface area contributed by atoms with Gasteiger partial charge in [-0.3, -0.25) is 13.9 Å². The van der Waals surface area contributed by atoms with E-state index in [1.165, 1.54) is 17.0 Å². The Hall–Kier alpha value is -3.65. The molecule has 3 aromatic carbocycles. The Morgan fingerprint density at radius 2 is 1.56 bits per heavy atom. The largest absolute Gasteiger partial charge is 0.352 e. The first-order valence-corrected chi connectivity index (χ1v) is 14.7. The van der Waals surface area contributed by atoms with Gasteiger partial charge in [0.1, 0.15) is 12.6 Å². The number of hydrogen-bond acceptors (Lipinski definition) is 4. The van der Waals surface area contributed by atoms with Crippen molar-refractivity contribution in [2.45, 2.75) is 71.5 Å². The van der Waals surface area contributed by atoms with E-state index >= 15 is 0 Å². The van der Waals surface area contributed by atoms with Crippen LogP contribution in [-0.2, 0) is 26.2 Å². The van der Waals surface area contributed by atoms with E-state index in [0.717, 1.165) is 33.0 Å². The predicted molar refractivity (Wildman–Crippen MR) is 156 cm³/mol. The Labute approximate surface area is 232 Å². The highest BCUT2D eigenvalue weighted by molar-refractivity contribution is 7.92. The summed E-state index contributed by atoms with van der Waals surface area (Å²) >= 11 is 0. The number of nitrogens with one attached hydrogen (secondary N) is 1. The quantitative estimate of drug-likeness (QED) is 0.359. The maximum absolute atomic E-state index is 14.0. The molecule has 0 aliphatic rings. The molecule has 39 heavy (non-hydrogen) atoms. The second kappa shape index (κ2) is 12.9. The molecule has 0 fully saturated rings. The molecule has 0 aliphatic heterocycles. The topological polar surface area (TPSA) is 86.8 Å². The third-order valence-electron chi connectivity index (χ3n) is 6.99. The number of aryl methyl sites for hydroxylation is 3. The molecule has 2 atom stereocenters. The summed E-state index contributed by atoms with van der Waals surface area (Å²) in [6.07, 6.45) is 0.750. The van der Waals surface area contributed by atoms with Gasteiger partial charge in [-0.1, -0.05) is 61.0 Å². The number of sulfonamides is 1. The van der Waals surface area contributed by atoms with Crippen LogP contribution in [0.2, 0.25) is 0 Å². The lowest BCUT2D eigenvalue weighted by atomic mass is 10.1. The number of amides is 2. The van der Waals surface area contributed by atoms with E-state index in [9.17, 15) is 18.0 Å². The number of benzene rings is 3. The van der Waals surface area contributed by atoms with Crippen LogP contribution in [-0.4, -0.2) is 43.8 Å². The summed E-state index contributed by atoms with van der Waals surface area (Å²) in [5.74, 6) is -0.755. The molecule has 0 aromatic heterocycles. The van der Waals surface area contributed by atoms with Crippen molar-refractivity contribution in [1.82, 2.24) is 10.2 Å². The van der Waals surface area contributed by atoms with Gasteiger partial charge in [-0.2, -0.15) is 0 Å². The normalized spacial score (nSPS) is 12.9. The van der Waals surface area contributed by atoms with Gasteiger partial charge in [0.05, 0.1) is 10.6 Å². The minimum Gasteiger partial charge on any atom is -0.352 e. The van der Waals surface area contributed by atoms with E-state index in [1.807, 2.05) is 65.0 Å². The van der Waals surface area contributed by atoms with Crippen molar-refractivity contribution in [2.75, 3.05) is 10.8 Å². The molecule has 1 N–H and O–H groups in total. The second-order valence-electron chi connectivity index (χ2n) is 10.1. The molecule has 0 aliphatic carbocycles. The van der Waals surface area contributed by atoms with Gasteiger partial charge in [0.25, 0.3) is 10.0 Å². The lowest BCUT2D eigenvalue weighted by molar-refractivity contribution is -0.139. The first-order valence-electron chi connectivity index (χ1n) is 13.2. The minimum atomic E-state index is -4.08. The molecule has 208 valence electrons. The Kier molecular flexibility index (Phi) is 9.92.